The molecule has 0 rings (SSSR count). The molecule has 4 heteroatoms. The highest BCUT2D eigenvalue weighted by Gasteiger charge is 2.29. The third-order valence-corrected chi connectivity index (χ3v) is 1.88. The van der Waals surface area contributed by atoms with Crippen LogP contribution in [0.15, 0.2) is 0 Å². The zero-order valence-electron chi connectivity index (χ0n) is 9.03. The van der Waals surface area contributed by atoms with Crippen LogP contribution in [0.2, 0.25) is 0 Å². The first-order valence-corrected chi connectivity index (χ1v) is 4.31. The average Bonchev–Trinajstić information content (AvgIpc) is 2.04. The first-order valence-electron chi connectivity index (χ1n) is 4.31. The lowest BCUT2D eigenvalue weighted by atomic mass is 10.1. The number of ether oxygens (including phenoxy) is 3. The van der Waals surface area contributed by atoms with Crippen molar-refractivity contribution in [2.24, 2.45) is 0 Å². The minimum Gasteiger partial charge on any atom is -0.382 e. The van der Waals surface area contributed by atoms with E-state index >= 15 is 0 Å². The lowest BCUT2D eigenvalue weighted by Gasteiger charge is -2.30. The van der Waals surface area contributed by atoms with Gasteiger partial charge in [-0.05, 0) is 20.8 Å². The van der Waals surface area contributed by atoms with Gasteiger partial charge in [-0.25, -0.2) is 0 Å². The molecule has 0 heterocycles. The van der Waals surface area contributed by atoms with E-state index in [4.69, 9.17) is 14.2 Å². The van der Waals surface area contributed by atoms with E-state index in [2.05, 4.69) is 0 Å². The molecule has 0 bridgehead atoms. The van der Waals surface area contributed by atoms with E-state index in [9.17, 15) is 5.11 Å². The molecule has 0 aromatic carbocycles. The van der Waals surface area contributed by atoms with Gasteiger partial charge < -0.3 is 19.3 Å². The number of hydrogen-bond donors (Lipinski definition) is 1. The third kappa shape index (κ3) is 4.57. The fraction of sp³-hybridized carbons (Fsp3) is 1.00. The summed E-state index contributed by atoms with van der Waals surface area (Å²) in [4.78, 5) is 0. The molecule has 0 spiro atoms. The van der Waals surface area contributed by atoms with Crippen molar-refractivity contribution in [1.29, 1.82) is 0 Å². The molecule has 0 aliphatic carbocycles. The SMILES string of the molecule is COCC(C)OC(O)C(C)(C)OC. The minimum atomic E-state index is -0.942. The Labute approximate surface area is 79.8 Å². The second-order valence-electron chi connectivity index (χ2n) is 3.56. The van der Waals surface area contributed by atoms with Gasteiger partial charge in [0, 0.05) is 14.2 Å². The zero-order chi connectivity index (χ0) is 10.5. The number of methoxy groups -OCH3 is 2. The molecule has 0 fully saturated rings. The quantitative estimate of drug-likeness (QED) is 0.632. The largest absolute Gasteiger partial charge is 0.382 e. The predicted molar refractivity (Wildman–Crippen MR) is 49.5 cm³/mol. The van der Waals surface area contributed by atoms with Gasteiger partial charge in [-0.15, -0.1) is 0 Å². The van der Waals surface area contributed by atoms with Crippen LogP contribution in [0.1, 0.15) is 20.8 Å². The van der Waals surface area contributed by atoms with E-state index in [1.54, 1.807) is 21.0 Å². The summed E-state index contributed by atoms with van der Waals surface area (Å²) in [6, 6.07) is 0. The maximum Gasteiger partial charge on any atom is 0.183 e. The van der Waals surface area contributed by atoms with Crippen LogP contribution >= 0.6 is 0 Å². The Hall–Kier alpha value is -0.160. The molecule has 0 aromatic heterocycles. The van der Waals surface area contributed by atoms with E-state index in [-0.39, 0.29) is 6.10 Å². The highest BCUT2D eigenvalue weighted by atomic mass is 16.6. The van der Waals surface area contributed by atoms with Crippen molar-refractivity contribution < 1.29 is 19.3 Å². The summed E-state index contributed by atoms with van der Waals surface area (Å²) >= 11 is 0. The number of hydrogen-bond acceptors (Lipinski definition) is 4. The number of rotatable bonds is 6. The van der Waals surface area contributed by atoms with Crippen molar-refractivity contribution in [3.8, 4) is 0 Å². The van der Waals surface area contributed by atoms with Crippen molar-refractivity contribution >= 4 is 0 Å². The van der Waals surface area contributed by atoms with E-state index in [0.717, 1.165) is 0 Å². The van der Waals surface area contributed by atoms with E-state index in [1.807, 2.05) is 6.92 Å². The van der Waals surface area contributed by atoms with Gasteiger partial charge in [-0.3, -0.25) is 0 Å². The molecular weight excluding hydrogens is 172 g/mol. The fourth-order valence-corrected chi connectivity index (χ4v) is 0.759. The Morgan fingerprint density at radius 2 is 1.85 bits per heavy atom. The van der Waals surface area contributed by atoms with Crippen molar-refractivity contribution in [2.45, 2.75) is 38.8 Å². The zero-order valence-corrected chi connectivity index (χ0v) is 9.03. The Morgan fingerprint density at radius 1 is 1.31 bits per heavy atom. The number of aliphatic hydroxyl groups is 1. The van der Waals surface area contributed by atoms with Crippen LogP contribution in [0.3, 0.4) is 0 Å². The summed E-state index contributed by atoms with van der Waals surface area (Å²) < 4.78 is 15.2. The molecule has 0 saturated carbocycles. The molecule has 80 valence electrons. The second kappa shape index (κ2) is 5.54. The first-order chi connectivity index (χ1) is 5.94. The molecule has 0 aromatic rings. The number of aliphatic hydroxyl groups excluding tert-OH is 1. The second-order valence-corrected chi connectivity index (χ2v) is 3.56. The van der Waals surface area contributed by atoms with E-state index < -0.39 is 11.9 Å². The molecule has 2 unspecified atom stereocenters. The van der Waals surface area contributed by atoms with Crippen LogP contribution in [0, 0.1) is 0 Å². The summed E-state index contributed by atoms with van der Waals surface area (Å²) in [5.74, 6) is 0. The molecule has 0 saturated heterocycles. The molecular formula is C9H20O4. The van der Waals surface area contributed by atoms with Gasteiger partial charge >= 0.3 is 0 Å². The Morgan fingerprint density at radius 3 is 2.23 bits per heavy atom. The molecule has 4 nitrogen and oxygen atoms in total. The van der Waals surface area contributed by atoms with Gasteiger partial charge in [0.25, 0.3) is 0 Å². The van der Waals surface area contributed by atoms with Gasteiger partial charge in [0.15, 0.2) is 6.29 Å². The van der Waals surface area contributed by atoms with Crippen molar-refractivity contribution in [3.05, 3.63) is 0 Å². The van der Waals surface area contributed by atoms with Crippen LogP contribution < -0.4 is 0 Å². The lowest BCUT2D eigenvalue weighted by molar-refractivity contribution is -0.231. The normalized spacial score (nSPS) is 17.1. The van der Waals surface area contributed by atoms with Gasteiger partial charge in [-0.1, -0.05) is 0 Å². The van der Waals surface area contributed by atoms with E-state index in [1.165, 1.54) is 7.11 Å². The van der Waals surface area contributed by atoms with Crippen LogP contribution in [-0.2, 0) is 14.2 Å². The van der Waals surface area contributed by atoms with Crippen LogP contribution in [0.25, 0.3) is 0 Å². The van der Waals surface area contributed by atoms with Crippen LogP contribution in [0.5, 0.6) is 0 Å². The van der Waals surface area contributed by atoms with E-state index in [0.29, 0.717) is 6.61 Å². The Bertz CT molecular complexity index is 136. The highest BCUT2D eigenvalue weighted by molar-refractivity contribution is 4.72. The smallest absolute Gasteiger partial charge is 0.183 e. The molecule has 0 radical (unpaired) electrons. The molecule has 0 aliphatic rings. The molecule has 0 aliphatic heterocycles. The summed E-state index contributed by atoms with van der Waals surface area (Å²) in [6.07, 6.45) is -1.09. The summed E-state index contributed by atoms with van der Waals surface area (Å²) in [7, 11) is 3.13. The average molecular weight is 192 g/mol. The third-order valence-electron chi connectivity index (χ3n) is 1.88. The minimum absolute atomic E-state index is 0.144. The molecule has 13 heavy (non-hydrogen) atoms. The maximum atomic E-state index is 9.57. The monoisotopic (exact) mass is 192 g/mol. The Kier molecular flexibility index (Phi) is 5.48. The maximum absolute atomic E-state index is 9.57. The van der Waals surface area contributed by atoms with Crippen molar-refractivity contribution in [1.82, 2.24) is 0 Å². The molecule has 0 amide bonds. The van der Waals surface area contributed by atoms with Crippen LogP contribution in [-0.4, -0.2) is 43.9 Å². The predicted octanol–water partition coefficient (Wildman–Crippen LogP) is 0.781. The van der Waals surface area contributed by atoms with Gasteiger partial charge in [0.2, 0.25) is 0 Å². The van der Waals surface area contributed by atoms with Crippen molar-refractivity contribution in [3.63, 3.8) is 0 Å². The van der Waals surface area contributed by atoms with Gasteiger partial charge in [-0.2, -0.15) is 0 Å². The first kappa shape index (κ1) is 12.8. The van der Waals surface area contributed by atoms with Gasteiger partial charge in [0.05, 0.1) is 12.7 Å². The van der Waals surface area contributed by atoms with Gasteiger partial charge in [0.1, 0.15) is 5.60 Å². The summed E-state index contributed by atoms with van der Waals surface area (Å²) in [5, 5.41) is 9.57. The van der Waals surface area contributed by atoms with Crippen molar-refractivity contribution in [2.75, 3.05) is 20.8 Å². The standard InChI is InChI=1S/C9H20O4/c1-7(6-11-4)13-8(10)9(2,3)12-5/h7-8,10H,6H2,1-5H3. The summed E-state index contributed by atoms with van der Waals surface area (Å²) in [5.41, 5.74) is -0.692. The molecule has 2 atom stereocenters. The topological polar surface area (TPSA) is 47.9 Å². The summed E-state index contributed by atoms with van der Waals surface area (Å²) in [6.45, 7) is 5.81. The highest BCUT2D eigenvalue weighted by Crippen LogP contribution is 2.16. The molecule has 1 N–H and O–H groups in total. The Balaban J connectivity index is 3.91. The lowest BCUT2D eigenvalue weighted by Crippen LogP contribution is -2.42. The van der Waals surface area contributed by atoms with Crippen LogP contribution in [0.4, 0.5) is 0 Å². The fourth-order valence-electron chi connectivity index (χ4n) is 0.759.